The van der Waals surface area contributed by atoms with Gasteiger partial charge >= 0.3 is 6.18 Å². The topological polar surface area (TPSA) is 33.7 Å². The number of nitrogens with zero attached hydrogens (tertiary/aromatic N) is 1. The summed E-state index contributed by atoms with van der Waals surface area (Å²) >= 11 is 3.40. The van der Waals surface area contributed by atoms with Gasteiger partial charge in [0.25, 0.3) is 0 Å². The maximum atomic E-state index is 12.8. The van der Waals surface area contributed by atoms with Gasteiger partial charge in [0.15, 0.2) is 0 Å². The normalized spacial score (nSPS) is 16.9. The Kier molecular flexibility index (Phi) is 8.80. The Balaban J connectivity index is 0.00000312. The molecule has 0 saturated carbocycles. The van der Waals surface area contributed by atoms with Crippen molar-refractivity contribution >= 4 is 28.3 Å². The monoisotopic (exact) mass is 446 g/mol. The second-order valence-corrected chi connectivity index (χ2v) is 6.49. The molecule has 0 spiro atoms. The van der Waals surface area contributed by atoms with Crippen LogP contribution in [0.1, 0.15) is 24.4 Å². The lowest BCUT2D eigenvalue weighted by Gasteiger charge is -2.35. The maximum Gasteiger partial charge on any atom is 0.389 e. The summed E-state index contributed by atoms with van der Waals surface area (Å²) < 4.78 is 49.6. The molecule has 1 fully saturated rings. The number of rotatable bonds is 6. The highest BCUT2D eigenvalue weighted by Crippen LogP contribution is 2.40. The highest BCUT2D eigenvalue weighted by atomic mass is 79.9. The molecule has 1 aromatic rings. The van der Waals surface area contributed by atoms with Crippen LogP contribution >= 0.6 is 28.3 Å². The minimum atomic E-state index is -4.17. The van der Waals surface area contributed by atoms with Crippen LogP contribution in [0.2, 0.25) is 0 Å². The Morgan fingerprint density at radius 2 is 1.68 bits per heavy atom. The SMILES string of the molecule is COc1cc([C@@H](CCC(F)(F)F)N2CCNCC2)cc(OC)c1Br.Cl. The van der Waals surface area contributed by atoms with Crippen LogP contribution in [0.4, 0.5) is 13.2 Å². The molecule has 0 unspecified atom stereocenters. The van der Waals surface area contributed by atoms with Crippen molar-refractivity contribution in [3.05, 3.63) is 22.2 Å². The van der Waals surface area contributed by atoms with E-state index in [-0.39, 0.29) is 24.9 Å². The van der Waals surface area contributed by atoms with Crippen LogP contribution in [0.5, 0.6) is 11.5 Å². The molecule has 144 valence electrons. The maximum absolute atomic E-state index is 12.8. The van der Waals surface area contributed by atoms with E-state index < -0.39 is 12.6 Å². The number of benzene rings is 1. The number of hydrogen-bond donors (Lipinski definition) is 1. The molecule has 0 bridgehead atoms. The first kappa shape index (κ1) is 22.3. The Bertz CT molecular complexity index is 530. The molecule has 0 radical (unpaired) electrons. The van der Waals surface area contributed by atoms with Crippen molar-refractivity contribution < 1.29 is 22.6 Å². The van der Waals surface area contributed by atoms with Crippen LogP contribution in [0, 0.1) is 0 Å². The minimum absolute atomic E-state index is 0. The third kappa shape index (κ3) is 6.20. The van der Waals surface area contributed by atoms with Gasteiger partial charge in [-0.25, -0.2) is 0 Å². The summed E-state index contributed by atoms with van der Waals surface area (Å²) in [5.41, 5.74) is 0.776. The van der Waals surface area contributed by atoms with Gasteiger partial charge in [0.1, 0.15) is 16.0 Å². The molecule has 4 nitrogen and oxygen atoms in total. The molecule has 1 saturated heterocycles. The molecule has 0 aliphatic carbocycles. The van der Waals surface area contributed by atoms with Crippen molar-refractivity contribution in [1.82, 2.24) is 10.2 Å². The number of piperazine rings is 1. The molecule has 9 heteroatoms. The van der Waals surface area contributed by atoms with Crippen molar-refractivity contribution in [2.75, 3.05) is 40.4 Å². The van der Waals surface area contributed by atoms with Crippen LogP contribution in [0.3, 0.4) is 0 Å². The van der Waals surface area contributed by atoms with Gasteiger partial charge in [-0.1, -0.05) is 0 Å². The van der Waals surface area contributed by atoms with E-state index in [0.29, 0.717) is 29.1 Å². The third-order valence-electron chi connectivity index (χ3n) is 4.15. The summed E-state index contributed by atoms with van der Waals surface area (Å²) in [5.74, 6) is 1.10. The van der Waals surface area contributed by atoms with Crippen molar-refractivity contribution in [2.45, 2.75) is 25.1 Å². The van der Waals surface area contributed by atoms with Gasteiger partial charge in [-0.15, -0.1) is 12.4 Å². The molecule has 1 N–H and O–H groups in total. The Labute approximate surface area is 160 Å². The fourth-order valence-electron chi connectivity index (χ4n) is 2.94. The van der Waals surface area contributed by atoms with Crippen LogP contribution in [0.25, 0.3) is 0 Å². The van der Waals surface area contributed by atoms with Crippen molar-refractivity contribution in [3.63, 3.8) is 0 Å². The van der Waals surface area contributed by atoms with Gasteiger partial charge in [0.05, 0.1) is 14.2 Å². The van der Waals surface area contributed by atoms with E-state index in [2.05, 4.69) is 26.1 Å². The van der Waals surface area contributed by atoms with Crippen LogP contribution in [-0.2, 0) is 0 Å². The second-order valence-electron chi connectivity index (χ2n) is 5.70. The molecule has 0 aromatic heterocycles. The van der Waals surface area contributed by atoms with Crippen molar-refractivity contribution in [2.24, 2.45) is 0 Å². The lowest BCUT2D eigenvalue weighted by molar-refractivity contribution is -0.138. The first-order valence-electron chi connectivity index (χ1n) is 7.78. The fourth-order valence-corrected chi connectivity index (χ4v) is 3.49. The van der Waals surface area contributed by atoms with Gasteiger partial charge in [-0.3, -0.25) is 4.90 Å². The first-order chi connectivity index (χ1) is 11.4. The third-order valence-corrected chi connectivity index (χ3v) is 4.93. The van der Waals surface area contributed by atoms with Crippen LogP contribution < -0.4 is 14.8 Å². The number of nitrogens with one attached hydrogen (secondary N) is 1. The zero-order chi connectivity index (χ0) is 17.7. The standard InChI is InChI=1S/C16H22BrF3N2O2.ClH/c1-23-13-9-11(10-14(24-2)15(13)17)12(3-4-16(18,19)20)22-7-5-21-6-8-22;/h9-10,12,21H,3-8H2,1-2H3;1H/t12-;/m1./s1. The van der Waals surface area contributed by atoms with Gasteiger partial charge < -0.3 is 14.8 Å². The lowest BCUT2D eigenvalue weighted by atomic mass is 9.98. The fraction of sp³-hybridized carbons (Fsp3) is 0.625. The predicted octanol–water partition coefficient (Wildman–Crippen LogP) is 4.18. The molecule has 25 heavy (non-hydrogen) atoms. The smallest absolute Gasteiger partial charge is 0.389 e. The van der Waals surface area contributed by atoms with Gasteiger partial charge in [-0.2, -0.15) is 13.2 Å². The molecule has 1 atom stereocenters. The van der Waals surface area contributed by atoms with Crippen molar-refractivity contribution in [3.8, 4) is 11.5 Å². The van der Waals surface area contributed by atoms with Gasteiger partial charge in [0.2, 0.25) is 0 Å². The van der Waals surface area contributed by atoms with E-state index in [1.54, 1.807) is 12.1 Å². The molecule has 1 heterocycles. The molecule has 0 amide bonds. The highest BCUT2D eigenvalue weighted by Gasteiger charge is 2.32. The van der Waals surface area contributed by atoms with E-state index in [1.165, 1.54) is 14.2 Å². The number of hydrogen-bond acceptors (Lipinski definition) is 4. The van der Waals surface area contributed by atoms with Crippen LogP contribution in [0.15, 0.2) is 16.6 Å². The number of methoxy groups -OCH3 is 2. The molecule has 1 aliphatic rings. The Morgan fingerprint density at radius 1 is 1.16 bits per heavy atom. The number of halogens is 5. The molecule has 1 aliphatic heterocycles. The largest absolute Gasteiger partial charge is 0.495 e. The minimum Gasteiger partial charge on any atom is -0.495 e. The molecular weight excluding hydrogens is 425 g/mol. The lowest BCUT2D eigenvalue weighted by Crippen LogP contribution is -2.45. The quantitative estimate of drug-likeness (QED) is 0.709. The van der Waals surface area contributed by atoms with Crippen molar-refractivity contribution in [1.29, 1.82) is 0 Å². The zero-order valence-corrected chi connectivity index (χ0v) is 16.6. The summed E-state index contributed by atoms with van der Waals surface area (Å²) in [6.07, 6.45) is -4.98. The number of alkyl halides is 3. The summed E-state index contributed by atoms with van der Waals surface area (Å²) in [5, 5.41) is 3.23. The molecular formula is C16H23BrClF3N2O2. The Hall–Kier alpha value is -0.700. The highest BCUT2D eigenvalue weighted by molar-refractivity contribution is 9.10. The van der Waals surface area contributed by atoms with E-state index in [1.807, 2.05) is 0 Å². The summed E-state index contributed by atoms with van der Waals surface area (Å²) in [7, 11) is 3.05. The van der Waals surface area contributed by atoms with E-state index in [0.717, 1.165) is 18.7 Å². The first-order valence-corrected chi connectivity index (χ1v) is 8.58. The number of ether oxygens (including phenoxy) is 2. The average Bonchev–Trinajstić information content (AvgIpc) is 2.56. The van der Waals surface area contributed by atoms with E-state index >= 15 is 0 Å². The second kappa shape index (κ2) is 9.85. The average molecular weight is 448 g/mol. The predicted molar refractivity (Wildman–Crippen MR) is 97.0 cm³/mol. The molecule has 2 rings (SSSR count). The summed E-state index contributed by atoms with van der Waals surface area (Å²) in [4.78, 5) is 2.09. The van der Waals surface area contributed by atoms with Crippen LogP contribution in [-0.4, -0.2) is 51.5 Å². The summed E-state index contributed by atoms with van der Waals surface area (Å²) in [6.45, 7) is 2.97. The zero-order valence-electron chi connectivity index (χ0n) is 14.2. The molecule has 1 aromatic carbocycles. The van der Waals surface area contributed by atoms with Gasteiger partial charge in [0, 0.05) is 38.6 Å². The Morgan fingerprint density at radius 3 is 2.12 bits per heavy atom. The van der Waals surface area contributed by atoms with E-state index in [9.17, 15) is 13.2 Å². The van der Waals surface area contributed by atoms with Gasteiger partial charge in [-0.05, 0) is 40.0 Å². The van der Waals surface area contributed by atoms with E-state index in [4.69, 9.17) is 9.47 Å². The summed E-state index contributed by atoms with van der Waals surface area (Å²) in [6, 6.07) is 3.25.